The molecule has 25 heavy (non-hydrogen) atoms. The maximum Gasteiger partial charge on any atom is 0.274 e. The van der Waals surface area contributed by atoms with E-state index in [-0.39, 0.29) is 23.2 Å². The van der Waals surface area contributed by atoms with E-state index in [9.17, 15) is 9.59 Å². The molecule has 1 atom stereocenters. The normalized spacial score (nSPS) is 16.5. The Hall–Kier alpha value is -3.36. The SMILES string of the molecule is C[C@H]1CN(C(=O)c2c[nH]c(=O)cn2)Cc2nnc(-c3ccccn3)n21. The molecule has 0 aliphatic carbocycles. The molecule has 0 saturated heterocycles. The Morgan fingerprint density at radius 1 is 1.28 bits per heavy atom. The van der Waals surface area contributed by atoms with Gasteiger partial charge < -0.3 is 14.5 Å². The molecule has 1 amide bonds. The van der Waals surface area contributed by atoms with Crippen molar-refractivity contribution in [2.75, 3.05) is 6.54 Å². The predicted octanol–water partition coefficient (Wildman–Crippen LogP) is 0.640. The van der Waals surface area contributed by atoms with Crippen molar-refractivity contribution in [2.24, 2.45) is 0 Å². The van der Waals surface area contributed by atoms with E-state index in [1.807, 2.05) is 29.7 Å². The van der Waals surface area contributed by atoms with Crippen LogP contribution in [0.25, 0.3) is 11.5 Å². The van der Waals surface area contributed by atoms with Gasteiger partial charge in [0.1, 0.15) is 11.4 Å². The third-order valence-corrected chi connectivity index (χ3v) is 4.10. The predicted molar refractivity (Wildman–Crippen MR) is 87.6 cm³/mol. The maximum absolute atomic E-state index is 12.6. The van der Waals surface area contributed by atoms with Crippen LogP contribution < -0.4 is 5.56 Å². The van der Waals surface area contributed by atoms with Crippen LogP contribution in [-0.4, -0.2) is 47.1 Å². The van der Waals surface area contributed by atoms with Gasteiger partial charge in [0, 0.05) is 18.9 Å². The second-order valence-electron chi connectivity index (χ2n) is 5.86. The Bertz CT molecular complexity index is 959. The number of hydrogen-bond acceptors (Lipinski definition) is 6. The molecule has 3 aromatic rings. The summed E-state index contributed by atoms with van der Waals surface area (Å²) in [5.74, 6) is 1.13. The molecule has 0 unspecified atom stereocenters. The van der Waals surface area contributed by atoms with E-state index in [1.54, 1.807) is 11.1 Å². The summed E-state index contributed by atoms with van der Waals surface area (Å²) in [6, 6.07) is 5.61. The van der Waals surface area contributed by atoms with Gasteiger partial charge in [0.2, 0.25) is 0 Å². The number of carbonyl (C=O) groups is 1. The minimum atomic E-state index is -0.344. The van der Waals surface area contributed by atoms with Crippen LogP contribution in [0.3, 0.4) is 0 Å². The molecule has 9 nitrogen and oxygen atoms in total. The van der Waals surface area contributed by atoms with Gasteiger partial charge in [0.05, 0.1) is 18.8 Å². The zero-order valence-electron chi connectivity index (χ0n) is 13.5. The Morgan fingerprint density at radius 2 is 2.16 bits per heavy atom. The fourth-order valence-corrected chi connectivity index (χ4v) is 2.98. The number of aromatic nitrogens is 6. The van der Waals surface area contributed by atoms with E-state index in [2.05, 4.69) is 25.1 Å². The zero-order chi connectivity index (χ0) is 17.4. The lowest BCUT2D eigenvalue weighted by atomic mass is 10.2. The van der Waals surface area contributed by atoms with Crippen molar-refractivity contribution >= 4 is 5.91 Å². The van der Waals surface area contributed by atoms with Crippen molar-refractivity contribution in [3.05, 3.63) is 58.7 Å². The van der Waals surface area contributed by atoms with Gasteiger partial charge in [-0.2, -0.15) is 0 Å². The van der Waals surface area contributed by atoms with Gasteiger partial charge in [-0.05, 0) is 19.1 Å². The van der Waals surface area contributed by atoms with Gasteiger partial charge in [-0.3, -0.25) is 14.6 Å². The molecule has 0 aromatic carbocycles. The van der Waals surface area contributed by atoms with Gasteiger partial charge >= 0.3 is 0 Å². The van der Waals surface area contributed by atoms with Crippen LogP contribution in [0, 0.1) is 0 Å². The maximum atomic E-state index is 12.6. The first-order valence-electron chi connectivity index (χ1n) is 7.82. The smallest absolute Gasteiger partial charge is 0.274 e. The van der Waals surface area contributed by atoms with Crippen LogP contribution in [0.4, 0.5) is 0 Å². The van der Waals surface area contributed by atoms with Gasteiger partial charge in [-0.15, -0.1) is 10.2 Å². The minimum absolute atomic E-state index is 0.0116. The Morgan fingerprint density at radius 3 is 2.88 bits per heavy atom. The molecule has 0 spiro atoms. The van der Waals surface area contributed by atoms with E-state index >= 15 is 0 Å². The molecule has 0 saturated carbocycles. The molecule has 3 aromatic heterocycles. The van der Waals surface area contributed by atoms with Gasteiger partial charge in [-0.25, -0.2) is 4.98 Å². The highest BCUT2D eigenvalue weighted by atomic mass is 16.2. The number of H-pyrrole nitrogens is 1. The highest BCUT2D eigenvalue weighted by Crippen LogP contribution is 2.26. The lowest BCUT2D eigenvalue weighted by Gasteiger charge is -2.32. The summed E-state index contributed by atoms with van der Waals surface area (Å²) in [5, 5.41) is 8.47. The molecular formula is C16H15N7O2. The second-order valence-corrected chi connectivity index (χ2v) is 5.86. The summed E-state index contributed by atoms with van der Waals surface area (Å²) >= 11 is 0. The average Bonchev–Trinajstić information content (AvgIpc) is 3.07. The van der Waals surface area contributed by atoms with E-state index < -0.39 is 0 Å². The summed E-state index contributed by atoms with van der Waals surface area (Å²) in [7, 11) is 0. The van der Waals surface area contributed by atoms with Crippen LogP contribution >= 0.6 is 0 Å². The van der Waals surface area contributed by atoms with Crippen LogP contribution in [0.2, 0.25) is 0 Å². The first kappa shape index (κ1) is 15.2. The van der Waals surface area contributed by atoms with E-state index in [4.69, 9.17) is 0 Å². The number of rotatable bonds is 2. The van der Waals surface area contributed by atoms with Crippen molar-refractivity contribution in [2.45, 2.75) is 19.5 Å². The molecule has 1 aliphatic rings. The minimum Gasteiger partial charge on any atom is -0.328 e. The summed E-state index contributed by atoms with van der Waals surface area (Å²) < 4.78 is 2.01. The van der Waals surface area contributed by atoms with Crippen molar-refractivity contribution in [3.8, 4) is 11.5 Å². The first-order chi connectivity index (χ1) is 12.1. The summed E-state index contributed by atoms with van der Waals surface area (Å²) in [5.41, 5.74) is 0.600. The molecule has 0 bridgehead atoms. The standard InChI is InChI=1S/C16H15N7O2/c1-10-8-22(16(25)12-6-19-14(24)7-18-12)9-13-20-21-15(23(10)13)11-4-2-3-5-17-11/h2-7,10H,8-9H2,1H3,(H,19,24)/t10-/m0/s1. The Labute approximate surface area is 142 Å². The summed E-state index contributed by atoms with van der Waals surface area (Å²) in [6.45, 7) is 2.81. The largest absolute Gasteiger partial charge is 0.328 e. The molecule has 4 rings (SSSR count). The number of amides is 1. The molecular weight excluding hydrogens is 322 g/mol. The number of aromatic amines is 1. The highest BCUT2D eigenvalue weighted by Gasteiger charge is 2.30. The third-order valence-electron chi connectivity index (χ3n) is 4.10. The van der Waals surface area contributed by atoms with Crippen LogP contribution in [0.15, 0.2) is 41.6 Å². The first-order valence-corrected chi connectivity index (χ1v) is 7.82. The lowest BCUT2D eigenvalue weighted by molar-refractivity contribution is 0.0675. The Balaban J connectivity index is 1.64. The summed E-state index contributed by atoms with van der Waals surface area (Å²) in [4.78, 5) is 36.1. The van der Waals surface area contributed by atoms with E-state index in [1.165, 1.54) is 6.20 Å². The van der Waals surface area contributed by atoms with Crippen LogP contribution in [0.1, 0.15) is 29.3 Å². The van der Waals surface area contributed by atoms with Crippen molar-refractivity contribution in [1.29, 1.82) is 0 Å². The van der Waals surface area contributed by atoms with Crippen LogP contribution in [-0.2, 0) is 6.54 Å². The highest BCUT2D eigenvalue weighted by molar-refractivity contribution is 5.92. The number of nitrogens with zero attached hydrogens (tertiary/aromatic N) is 6. The van der Waals surface area contributed by atoms with Crippen molar-refractivity contribution < 1.29 is 4.79 Å². The van der Waals surface area contributed by atoms with Gasteiger partial charge in [-0.1, -0.05) is 6.07 Å². The fraction of sp³-hybridized carbons (Fsp3) is 0.250. The number of pyridine rings is 1. The second kappa shape index (κ2) is 5.93. The molecule has 1 aliphatic heterocycles. The van der Waals surface area contributed by atoms with Crippen molar-refractivity contribution in [3.63, 3.8) is 0 Å². The monoisotopic (exact) mass is 337 g/mol. The number of fused-ring (bicyclic) bond motifs is 1. The average molecular weight is 337 g/mol. The summed E-state index contributed by atoms with van der Waals surface area (Å²) in [6.07, 6.45) is 4.14. The van der Waals surface area contributed by atoms with Crippen LogP contribution in [0.5, 0.6) is 0 Å². The number of carbonyl (C=O) groups excluding carboxylic acids is 1. The van der Waals surface area contributed by atoms with E-state index in [0.29, 0.717) is 24.7 Å². The molecule has 126 valence electrons. The number of hydrogen-bond donors (Lipinski definition) is 1. The Kier molecular flexibility index (Phi) is 3.60. The topological polar surface area (TPSA) is 110 Å². The molecule has 0 fully saturated rings. The van der Waals surface area contributed by atoms with E-state index in [0.717, 1.165) is 11.9 Å². The molecule has 1 N–H and O–H groups in total. The van der Waals surface area contributed by atoms with Crippen molar-refractivity contribution in [1.82, 2.24) is 34.6 Å². The fourth-order valence-electron chi connectivity index (χ4n) is 2.98. The number of nitrogens with one attached hydrogen (secondary N) is 1. The van der Waals surface area contributed by atoms with Gasteiger partial charge in [0.25, 0.3) is 11.5 Å². The third kappa shape index (κ3) is 2.69. The molecule has 4 heterocycles. The van der Waals surface area contributed by atoms with Gasteiger partial charge in [0.15, 0.2) is 11.6 Å². The molecule has 9 heteroatoms. The molecule has 0 radical (unpaired) electrons. The quantitative estimate of drug-likeness (QED) is 0.735. The lowest BCUT2D eigenvalue weighted by Crippen LogP contribution is -2.41. The zero-order valence-corrected chi connectivity index (χ0v) is 13.5.